The number of hydrogen-bond acceptors (Lipinski definition) is 3. The number of benzene rings is 1. The summed E-state index contributed by atoms with van der Waals surface area (Å²) in [5.74, 6) is -0.374. The van der Waals surface area contributed by atoms with E-state index in [2.05, 4.69) is 12.2 Å². The average molecular weight is 271 g/mol. The summed E-state index contributed by atoms with van der Waals surface area (Å²) in [6.45, 7) is 4.89. The molecule has 4 nitrogen and oxygen atoms in total. The standard InChI is InChI=1S/C16H21N3O/c1-4-5-9-19(3)12-14(11-17)16(20)18-15-8-6-7-13(2)10-15/h6-8,10,12H,4-5,9H2,1-3H3,(H,18,20)/b14-12-. The zero-order chi connectivity index (χ0) is 15.0. The number of amides is 1. The van der Waals surface area contributed by atoms with Crippen molar-refractivity contribution in [3.8, 4) is 6.07 Å². The number of nitrogens with zero attached hydrogens (tertiary/aromatic N) is 2. The third kappa shape index (κ3) is 5.15. The van der Waals surface area contributed by atoms with E-state index < -0.39 is 0 Å². The molecular formula is C16H21N3O. The third-order valence-electron chi connectivity index (χ3n) is 2.85. The Morgan fingerprint density at radius 3 is 2.85 bits per heavy atom. The molecule has 1 N–H and O–H groups in total. The molecule has 0 aliphatic carbocycles. The molecule has 0 saturated carbocycles. The van der Waals surface area contributed by atoms with Crippen LogP contribution in [0.2, 0.25) is 0 Å². The summed E-state index contributed by atoms with van der Waals surface area (Å²) in [5, 5.41) is 11.8. The molecule has 106 valence electrons. The molecule has 1 amide bonds. The zero-order valence-corrected chi connectivity index (χ0v) is 12.3. The highest BCUT2D eigenvalue weighted by Gasteiger charge is 2.10. The van der Waals surface area contributed by atoms with Crippen LogP contribution < -0.4 is 5.32 Å². The molecule has 0 bridgehead atoms. The van der Waals surface area contributed by atoms with Crippen molar-refractivity contribution in [3.05, 3.63) is 41.6 Å². The predicted molar refractivity (Wildman–Crippen MR) is 81.0 cm³/mol. The van der Waals surface area contributed by atoms with E-state index in [1.54, 1.807) is 12.3 Å². The maximum absolute atomic E-state index is 12.0. The van der Waals surface area contributed by atoms with Gasteiger partial charge in [0.25, 0.3) is 5.91 Å². The molecule has 20 heavy (non-hydrogen) atoms. The van der Waals surface area contributed by atoms with E-state index in [9.17, 15) is 4.79 Å². The van der Waals surface area contributed by atoms with Gasteiger partial charge in [0, 0.05) is 25.5 Å². The average Bonchev–Trinajstić information content (AvgIpc) is 2.42. The topological polar surface area (TPSA) is 56.1 Å². The van der Waals surface area contributed by atoms with E-state index in [1.165, 1.54) is 0 Å². The smallest absolute Gasteiger partial charge is 0.267 e. The minimum absolute atomic E-state index is 0.116. The Morgan fingerprint density at radius 1 is 1.50 bits per heavy atom. The van der Waals surface area contributed by atoms with E-state index in [1.807, 2.05) is 43.1 Å². The molecule has 0 aromatic heterocycles. The van der Waals surface area contributed by atoms with E-state index in [0.29, 0.717) is 5.69 Å². The maximum Gasteiger partial charge on any atom is 0.267 e. The van der Waals surface area contributed by atoms with E-state index in [0.717, 1.165) is 24.9 Å². The molecule has 1 rings (SSSR count). The van der Waals surface area contributed by atoms with Crippen LogP contribution in [0.3, 0.4) is 0 Å². The fourth-order valence-electron chi connectivity index (χ4n) is 1.75. The molecule has 0 heterocycles. The van der Waals surface area contributed by atoms with Crippen molar-refractivity contribution in [3.63, 3.8) is 0 Å². The Balaban J connectivity index is 2.72. The fraction of sp³-hybridized carbons (Fsp3) is 0.375. The number of carbonyl (C=O) groups is 1. The molecule has 1 aromatic rings. The van der Waals surface area contributed by atoms with Gasteiger partial charge < -0.3 is 10.2 Å². The summed E-state index contributed by atoms with van der Waals surface area (Å²) >= 11 is 0. The van der Waals surface area contributed by atoms with Gasteiger partial charge in [-0.1, -0.05) is 25.5 Å². The Morgan fingerprint density at radius 2 is 2.25 bits per heavy atom. The molecule has 0 fully saturated rings. The highest BCUT2D eigenvalue weighted by atomic mass is 16.1. The molecule has 0 aliphatic heterocycles. The normalized spacial score (nSPS) is 10.8. The first-order chi connectivity index (χ1) is 9.56. The Kier molecular flexibility index (Phi) is 6.31. The van der Waals surface area contributed by atoms with Crippen molar-refractivity contribution in [2.75, 3.05) is 18.9 Å². The maximum atomic E-state index is 12.0. The largest absolute Gasteiger partial charge is 0.379 e. The lowest BCUT2D eigenvalue weighted by molar-refractivity contribution is -0.112. The summed E-state index contributed by atoms with van der Waals surface area (Å²) in [7, 11) is 1.87. The van der Waals surface area contributed by atoms with Crippen LogP contribution in [-0.2, 0) is 4.79 Å². The van der Waals surface area contributed by atoms with Crippen LogP contribution in [0.25, 0.3) is 0 Å². The number of aryl methyl sites for hydroxylation is 1. The molecule has 0 aliphatic rings. The van der Waals surface area contributed by atoms with Crippen LogP contribution in [0.15, 0.2) is 36.0 Å². The monoisotopic (exact) mass is 271 g/mol. The van der Waals surface area contributed by atoms with Crippen LogP contribution in [-0.4, -0.2) is 24.4 Å². The van der Waals surface area contributed by atoms with Crippen molar-refractivity contribution in [1.82, 2.24) is 4.90 Å². The molecule has 0 atom stereocenters. The van der Waals surface area contributed by atoms with Crippen molar-refractivity contribution in [2.45, 2.75) is 26.7 Å². The number of carbonyl (C=O) groups excluding carboxylic acids is 1. The van der Waals surface area contributed by atoms with E-state index in [-0.39, 0.29) is 11.5 Å². The van der Waals surface area contributed by atoms with Crippen LogP contribution >= 0.6 is 0 Å². The predicted octanol–water partition coefficient (Wildman–Crippen LogP) is 3.07. The van der Waals surface area contributed by atoms with E-state index in [4.69, 9.17) is 5.26 Å². The first kappa shape index (κ1) is 15.8. The number of unbranched alkanes of at least 4 members (excludes halogenated alkanes) is 1. The number of hydrogen-bond donors (Lipinski definition) is 1. The molecule has 0 radical (unpaired) electrons. The minimum atomic E-state index is -0.374. The summed E-state index contributed by atoms with van der Waals surface area (Å²) in [6.07, 6.45) is 3.71. The van der Waals surface area contributed by atoms with Crippen LogP contribution in [0, 0.1) is 18.3 Å². The van der Waals surface area contributed by atoms with Crippen LogP contribution in [0.1, 0.15) is 25.3 Å². The highest BCUT2D eigenvalue weighted by molar-refractivity contribution is 6.06. The quantitative estimate of drug-likeness (QED) is 0.639. The van der Waals surface area contributed by atoms with Crippen LogP contribution in [0.4, 0.5) is 5.69 Å². The van der Waals surface area contributed by atoms with Gasteiger partial charge in [-0.2, -0.15) is 5.26 Å². The minimum Gasteiger partial charge on any atom is -0.379 e. The number of anilines is 1. The lowest BCUT2D eigenvalue weighted by Gasteiger charge is -2.14. The van der Waals surface area contributed by atoms with Gasteiger partial charge >= 0.3 is 0 Å². The summed E-state index contributed by atoms with van der Waals surface area (Å²) in [6, 6.07) is 9.45. The number of nitriles is 1. The Hall–Kier alpha value is -2.28. The van der Waals surface area contributed by atoms with Gasteiger partial charge in [-0.15, -0.1) is 0 Å². The van der Waals surface area contributed by atoms with Gasteiger partial charge in [0.05, 0.1) is 0 Å². The first-order valence-corrected chi connectivity index (χ1v) is 6.77. The fourth-order valence-corrected chi connectivity index (χ4v) is 1.75. The number of rotatable bonds is 6. The van der Waals surface area contributed by atoms with Crippen molar-refractivity contribution < 1.29 is 4.79 Å². The second-order valence-electron chi connectivity index (χ2n) is 4.81. The molecule has 1 aromatic carbocycles. The highest BCUT2D eigenvalue weighted by Crippen LogP contribution is 2.11. The van der Waals surface area contributed by atoms with Gasteiger partial charge in [0.15, 0.2) is 0 Å². The Labute approximate surface area is 120 Å². The van der Waals surface area contributed by atoms with Crippen molar-refractivity contribution in [1.29, 1.82) is 5.26 Å². The van der Waals surface area contributed by atoms with Crippen molar-refractivity contribution >= 4 is 11.6 Å². The van der Waals surface area contributed by atoms with Crippen molar-refractivity contribution in [2.24, 2.45) is 0 Å². The molecule has 4 heteroatoms. The molecular weight excluding hydrogens is 250 g/mol. The summed E-state index contributed by atoms with van der Waals surface area (Å²) in [4.78, 5) is 13.9. The third-order valence-corrected chi connectivity index (χ3v) is 2.85. The van der Waals surface area contributed by atoms with Gasteiger partial charge in [-0.05, 0) is 31.0 Å². The van der Waals surface area contributed by atoms with E-state index >= 15 is 0 Å². The molecule has 0 saturated heterocycles. The van der Waals surface area contributed by atoms with Gasteiger partial charge in [0.1, 0.15) is 11.6 Å². The van der Waals surface area contributed by atoms with Gasteiger partial charge in [0.2, 0.25) is 0 Å². The first-order valence-electron chi connectivity index (χ1n) is 6.77. The lowest BCUT2D eigenvalue weighted by Crippen LogP contribution is -2.19. The van der Waals surface area contributed by atoms with Gasteiger partial charge in [-0.3, -0.25) is 4.79 Å². The number of nitrogens with one attached hydrogen (secondary N) is 1. The van der Waals surface area contributed by atoms with Gasteiger partial charge in [-0.25, -0.2) is 0 Å². The van der Waals surface area contributed by atoms with Crippen LogP contribution in [0.5, 0.6) is 0 Å². The summed E-state index contributed by atoms with van der Waals surface area (Å²) < 4.78 is 0. The molecule has 0 spiro atoms. The Bertz CT molecular complexity index is 529. The summed E-state index contributed by atoms with van der Waals surface area (Å²) in [5.41, 5.74) is 1.88. The second kappa shape index (κ2) is 8.00. The lowest BCUT2D eigenvalue weighted by atomic mass is 10.2. The molecule has 0 unspecified atom stereocenters. The SMILES string of the molecule is CCCCN(C)/C=C(/C#N)C(=O)Nc1cccc(C)c1. The zero-order valence-electron chi connectivity index (χ0n) is 12.3. The second-order valence-corrected chi connectivity index (χ2v) is 4.81.